The molecule has 0 radical (unpaired) electrons. The lowest BCUT2D eigenvalue weighted by Crippen LogP contribution is -2.01. The zero-order valence-electron chi connectivity index (χ0n) is 15.2. The van der Waals surface area contributed by atoms with Crippen molar-refractivity contribution in [2.75, 3.05) is 5.32 Å². The normalized spacial score (nSPS) is 11.2. The van der Waals surface area contributed by atoms with Crippen molar-refractivity contribution < 1.29 is 9.50 Å². The van der Waals surface area contributed by atoms with Crippen LogP contribution in [0.2, 0.25) is 0 Å². The maximum atomic E-state index is 13.7. The molecule has 0 fully saturated rings. The fourth-order valence-corrected chi connectivity index (χ4v) is 3.36. The monoisotopic (exact) mass is 385 g/mol. The number of nitrogens with one attached hydrogen (secondary N) is 2. The number of aromatic nitrogens is 4. The summed E-state index contributed by atoms with van der Waals surface area (Å²) in [6.45, 7) is -0.113. The summed E-state index contributed by atoms with van der Waals surface area (Å²) in [5.41, 5.74) is 2.96. The fraction of sp³-hybridized carbons (Fsp3) is 0.0455. The third-order valence-electron chi connectivity index (χ3n) is 4.79. The number of aliphatic hydroxyl groups excluding tert-OH is 1. The summed E-state index contributed by atoms with van der Waals surface area (Å²) in [5, 5.41) is 21.5. The molecular formula is C22H16FN5O. The zero-order chi connectivity index (χ0) is 19.8. The molecular weight excluding hydrogens is 369 g/mol. The van der Waals surface area contributed by atoms with Gasteiger partial charge in [0.15, 0.2) is 11.6 Å². The fourth-order valence-electron chi connectivity index (χ4n) is 3.36. The van der Waals surface area contributed by atoms with Gasteiger partial charge in [-0.1, -0.05) is 36.4 Å². The maximum Gasteiger partial charge on any atom is 0.162 e. The summed E-state index contributed by atoms with van der Waals surface area (Å²) in [5.74, 6) is 1.18. The van der Waals surface area contributed by atoms with E-state index in [2.05, 4.69) is 20.5 Å². The molecule has 0 aliphatic rings. The highest BCUT2D eigenvalue weighted by Crippen LogP contribution is 2.30. The van der Waals surface area contributed by atoms with Crippen molar-refractivity contribution in [3.8, 4) is 11.4 Å². The number of rotatable bonds is 4. The Labute approximate surface area is 165 Å². The van der Waals surface area contributed by atoms with E-state index < -0.39 is 0 Å². The van der Waals surface area contributed by atoms with E-state index in [1.807, 2.05) is 48.5 Å². The van der Waals surface area contributed by atoms with Crippen LogP contribution >= 0.6 is 0 Å². The number of anilines is 2. The number of nitrogens with zero attached hydrogens (tertiary/aromatic N) is 3. The predicted molar refractivity (Wildman–Crippen MR) is 110 cm³/mol. The largest absolute Gasteiger partial charge is 0.392 e. The van der Waals surface area contributed by atoms with Gasteiger partial charge in [0, 0.05) is 16.3 Å². The molecule has 0 atom stereocenters. The molecule has 29 heavy (non-hydrogen) atoms. The number of hydrogen-bond acceptors (Lipinski definition) is 5. The molecule has 0 spiro atoms. The summed E-state index contributed by atoms with van der Waals surface area (Å²) < 4.78 is 13.7. The molecule has 0 unspecified atom stereocenters. The van der Waals surface area contributed by atoms with Gasteiger partial charge in [-0.25, -0.2) is 14.4 Å². The SMILES string of the molecule is OCc1ccccc1-c1nc(Nc2n[nH]c3ccc(F)cc23)c2ccccc2n1. The average molecular weight is 385 g/mol. The number of fused-ring (bicyclic) bond motifs is 2. The number of aromatic amines is 1. The summed E-state index contributed by atoms with van der Waals surface area (Å²) in [6, 6.07) is 19.5. The minimum absolute atomic E-state index is 0.113. The van der Waals surface area contributed by atoms with E-state index in [1.54, 1.807) is 6.07 Å². The molecule has 2 aromatic heterocycles. The summed E-state index contributed by atoms with van der Waals surface area (Å²) >= 11 is 0. The Kier molecular flexibility index (Phi) is 4.14. The van der Waals surface area contributed by atoms with Crippen LogP contribution in [0.15, 0.2) is 66.7 Å². The molecule has 142 valence electrons. The second kappa shape index (κ2) is 6.96. The molecule has 0 saturated carbocycles. The van der Waals surface area contributed by atoms with Crippen molar-refractivity contribution in [1.29, 1.82) is 0 Å². The summed E-state index contributed by atoms with van der Waals surface area (Å²) in [6.07, 6.45) is 0. The van der Waals surface area contributed by atoms with E-state index in [0.717, 1.165) is 27.5 Å². The molecule has 3 N–H and O–H groups in total. The van der Waals surface area contributed by atoms with Gasteiger partial charge in [0.05, 0.1) is 17.6 Å². The van der Waals surface area contributed by atoms with E-state index in [0.29, 0.717) is 22.8 Å². The average Bonchev–Trinajstić information content (AvgIpc) is 3.15. The Morgan fingerprint density at radius 1 is 0.897 bits per heavy atom. The second-order valence-corrected chi connectivity index (χ2v) is 6.62. The van der Waals surface area contributed by atoms with Crippen LogP contribution in [-0.2, 0) is 6.61 Å². The number of H-pyrrole nitrogens is 1. The molecule has 0 bridgehead atoms. The first-order valence-electron chi connectivity index (χ1n) is 9.09. The van der Waals surface area contributed by atoms with Gasteiger partial charge in [0.25, 0.3) is 0 Å². The summed E-state index contributed by atoms with van der Waals surface area (Å²) in [4.78, 5) is 9.37. The van der Waals surface area contributed by atoms with Gasteiger partial charge in [-0.3, -0.25) is 5.10 Å². The van der Waals surface area contributed by atoms with Crippen molar-refractivity contribution in [2.45, 2.75) is 6.61 Å². The van der Waals surface area contributed by atoms with E-state index >= 15 is 0 Å². The van der Waals surface area contributed by atoms with Crippen LogP contribution in [0.1, 0.15) is 5.56 Å². The first-order valence-corrected chi connectivity index (χ1v) is 9.09. The van der Waals surface area contributed by atoms with Gasteiger partial charge >= 0.3 is 0 Å². The maximum absolute atomic E-state index is 13.7. The number of para-hydroxylation sites is 1. The van der Waals surface area contributed by atoms with Gasteiger partial charge in [-0.2, -0.15) is 5.10 Å². The molecule has 7 heteroatoms. The van der Waals surface area contributed by atoms with Crippen LogP contribution in [0, 0.1) is 5.82 Å². The molecule has 5 rings (SSSR count). The third kappa shape index (κ3) is 3.07. The van der Waals surface area contributed by atoms with Gasteiger partial charge in [-0.15, -0.1) is 0 Å². The van der Waals surface area contributed by atoms with Crippen LogP contribution in [-0.4, -0.2) is 25.3 Å². The third-order valence-corrected chi connectivity index (χ3v) is 4.79. The van der Waals surface area contributed by atoms with Crippen molar-refractivity contribution >= 4 is 33.4 Å². The smallest absolute Gasteiger partial charge is 0.162 e. The van der Waals surface area contributed by atoms with Crippen LogP contribution < -0.4 is 5.32 Å². The predicted octanol–water partition coefficient (Wildman–Crippen LogP) is 4.55. The lowest BCUT2D eigenvalue weighted by Gasteiger charge is -2.11. The van der Waals surface area contributed by atoms with Crippen LogP contribution in [0.3, 0.4) is 0 Å². The van der Waals surface area contributed by atoms with Crippen molar-refractivity contribution in [2.24, 2.45) is 0 Å². The number of aliphatic hydroxyl groups is 1. The Balaban J connectivity index is 1.69. The lowest BCUT2D eigenvalue weighted by molar-refractivity contribution is 0.282. The first-order chi connectivity index (χ1) is 14.2. The van der Waals surface area contributed by atoms with E-state index in [4.69, 9.17) is 4.98 Å². The zero-order valence-corrected chi connectivity index (χ0v) is 15.2. The van der Waals surface area contributed by atoms with Gasteiger partial charge in [-0.05, 0) is 35.9 Å². The van der Waals surface area contributed by atoms with Crippen LogP contribution in [0.25, 0.3) is 33.2 Å². The number of benzene rings is 3. The van der Waals surface area contributed by atoms with Crippen molar-refractivity contribution in [1.82, 2.24) is 20.2 Å². The molecule has 0 saturated heterocycles. The first kappa shape index (κ1) is 17.3. The highest BCUT2D eigenvalue weighted by atomic mass is 19.1. The standard InChI is InChI=1S/C22H16FN5O/c23-14-9-10-19-17(11-14)22(28-27-19)26-21-16-7-3-4-8-18(16)24-20(25-21)15-6-2-1-5-13(15)12-29/h1-11,29H,12H2,(H2,24,25,26,27,28). The molecule has 3 aromatic carbocycles. The second-order valence-electron chi connectivity index (χ2n) is 6.62. The molecule has 6 nitrogen and oxygen atoms in total. The quantitative estimate of drug-likeness (QED) is 0.423. The number of hydrogen-bond donors (Lipinski definition) is 3. The van der Waals surface area contributed by atoms with E-state index in [1.165, 1.54) is 12.1 Å². The highest BCUT2D eigenvalue weighted by molar-refractivity contribution is 5.96. The number of halogens is 1. The highest BCUT2D eigenvalue weighted by Gasteiger charge is 2.14. The van der Waals surface area contributed by atoms with Gasteiger partial charge < -0.3 is 10.4 Å². The molecule has 0 amide bonds. The minimum atomic E-state index is -0.341. The molecule has 0 aliphatic heterocycles. The topological polar surface area (TPSA) is 86.7 Å². The Morgan fingerprint density at radius 3 is 2.62 bits per heavy atom. The summed E-state index contributed by atoms with van der Waals surface area (Å²) in [7, 11) is 0. The molecule has 0 aliphatic carbocycles. The van der Waals surface area contributed by atoms with Crippen LogP contribution in [0.5, 0.6) is 0 Å². The van der Waals surface area contributed by atoms with E-state index in [9.17, 15) is 9.50 Å². The Hall–Kier alpha value is -3.84. The molecule has 2 heterocycles. The van der Waals surface area contributed by atoms with E-state index in [-0.39, 0.29) is 12.4 Å². The van der Waals surface area contributed by atoms with Gasteiger partial charge in [0.2, 0.25) is 0 Å². The van der Waals surface area contributed by atoms with Gasteiger partial charge in [0.1, 0.15) is 11.6 Å². The Bertz CT molecular complexity index is 1350. The Morgan fingerprint density at radius 2 is 1.72 bits per heavy atom. The minimum Gasteiger partial charge on any atom is -0.392 e. The lowest BCUT2D eigenvalue weighted by atomic mass is 10.1. The van der Waals surface area contributed by atoms with Crippen LogP contribution in [0.4, 0.5) is 16.0 Å². The van der Waals surface area contributed by atoms with Crippen molar-refractivity contribution in [3.63, 3.8) is 0 Å². The molecule has 5 aromatic rings. The van der Waals surface area contributed by atoms with Crippen molar-refractivity contribution in [3.05, 3.63) is 78.1 Å².